The molecule has 0 bridgehead atoms. The van der Waals surface area contributed by atoms with Gasteiger partial charge in [0.25, 0.3) is 0 Å². The summed E-state index contributed by atoms with van der Waals surface area (Å²) in [5, 5.41) is 8.96. The van der Waals surface area contributed by atoms with Gasteiger partial charge < -0.3 is 0 Å². The van der Waals surface area contributed by atoms with Gasteiger partial charge in [-0.15, -0.1) is 0 Å². The van der Waals surface area contributed by atoms with Crippen molar-refractivity contribution in [3.63, 3.8) is 0 Å². The van der Waals surface area contributed by atoms with Crippen LogP contribution in [0.2, 0.25) is 5.02 Å². The molecular weight excluding hydrogens is 158 g/mol. The third kappa shape index (κ3) is 2.57. The predicted octanol–water partition coefficient (Wildman–Crippen LogP) is 1.30. The van der Waals surface area contributed by atoms with E-state index in [1.807, 2.05) is 6.07 Å². The van der Waals surface area contributed by atoms with Crippen molar-refractivity contribution in [2.45, 2.75) is 0 Å². The molecule has 0 atom stereocenters. The first kappa shape index (κ1) is 9.77. The van der Waals surface area contributed by atoms with Gasteiger partial charge in [-0.1, -0.05) is 17.7 Å². The summed E-state index contributed by atoms with van der Waals surface area (Å²) in [6.07, 6.45) is 0. The van der Waals surface area contributed by atoms with Crippen molar-refractivity contribution in [2.75, 3.05) is 0 Å². The largest absolute Gasteiger partial charge is 0.316 e. The van der Waals surface area contributed by atoms with Crippen molar-refractivity contribution in [1.82, 2.24) is 0 Å². The zero-order valence-corrected chi connectivity index (χ0v) is 5.39. The molecule has 0 amide bonds. The van der Waals surface area contributed by atoms with Crippen molar-refractivity contribution in [3.8, 4) is 6.07 Å². The number of benzene rings is 1. The fourth-order valence-corrected chi connectivity index (χ4v) is 0.748. The molecule has 0 radical (unpaired) electrons. The lowest BCUT2D eigenvalue weighted by Gasteiger charge is -1.86. The number of hydrogen-bond donors (Lipinski definition) is 0. The normalized spacial score (nSPS) is 7.60. The summed E-state index contributed by atoms with van der Waals surface area (Å²) in [5.41, 5.74) is 0.600. The van der Waals surface area contributed by atoms with E-state index in [9.17, 15) is 0 Å². The van der Waals surface area contributed by atoms with Gasteiger partial charge in [0.15, 0.2) is 0 Å². The summed E-state index contributed by atoms with van der Waals surface area (Å²) < 4.78 is 0. The Balaban J connectivity index is 0.000000810. The summed E-state index contributed by atoms with van der Waals surface area (Å²) in [5.74, 6) is 0. The Morgan fingerprint density at radius 1 is 1.40 bits per heavy atom. The second-order valence-electron chi connectivity index (χ2n) is 1.62. The number of nitrogens with zero attached hydrogens (tertiary/aromatic N) is 1. The van der Waals surface area contributed by atoms with E-state index in [1.54, 1.807) is 24.3 Å². The Labute approximate surface area is 80.8 Å². The molecule has 48 valence electrons. The predicted molar refractivity (Wildman–Crippen MR) is 44.7 cm³/mol. The minimum Gasteiger partial charge on any atom is -0.192 e. The van der Waals surface area contributed by atoms with Crippen LogP contribution in [0.4, 0.5) is 0 Å². The number of rotatable bonds is 0. The first-order valence-electron chi connectivity index (χ1n) is 2.48. The van der Waals surface area contributed by atoms with Gasteiger partial charge in [-0.05, 0) is 18.2 Å². The molecular formula is C7H6ClMgN. The van der Waals surface area contributed by atoms with Crippen molar-refractivity contribution >= 4 is 34.7 Å². The third-order valence-electron chi connectivity index (χ3n) is 0.954. The molecule has 0 unspecified atom stereocenters. The van der Waals surface area contributed by atoms with Gasteiger partial charge in [-0.2, -0.15) is 5.26 Å². The van der Waals surface area contributed by atoms with Crippen LogP contribution in [0, 0.1) is 11.3 Å². The average molecular weight is 164 g/mol. The molecule has 10 heavy (non-hydrogen) atoms. The first-order valence-corrected chi connectivity index (χ1v) is 2.86. The molecule has 0 aromatic heterocycles. The highest BCUT2D eigenvalue weighted by atomic mass is 35.5. The van der Waals surface area contributed by atoms with E-state index >= 15 is 0 Å². The van der Waals surface area contributed by atoms with Crippen LogP contribution in [0.25, 0.3) is 0 Å². The van der Waals surface area contributed by atoms with Crippen molar-refractivity contribution < 1.29 is 0 Å². The van der Waals surface area contributed by atoms with E-state index in [0.717, 1.165) is 0 Å². The Hall–Kier alpha value is -0.234. The van der Waals surface area contributed by atoms with Gasteiger partial charge in [-0.3, -0.25) is 0 Å². The maximum atomic E-state index is 8.35. The summed E-state index contributed by atoms with van der Waals surface area (Å²) >= 11 is 5.57. The highest BCUT2D eigenvalue weighted by molar-refractivity contribution is 6.30. The molecule has 0 aliphatic heterocycles. The molecule has 0 aliphatic rings. The van der Waals surface area contributed by atoms with Gasteiger partial charge in [0.1, 0.15) is 0 Å². The molecule has 0 heterocycles. The van der Waals surface area contributed by atoms with Gasteiger partial charge in [0.2, 0.25) is 0 Å². The summed E-state index contributed by atoms with van der Waals surface area (Å²) in [6.45, 7) is 0. The topological polar surface area (TPSA) is 23.8 Å². The molecule has 1 rings (SSSR count). The molecule has 0 N–H and O–H groups in total. The van der Waals surface area contributed by atoms with E-state index in [1.165, 1.54) is 0 Å². The fourth-order valence-electron chi connectivity index (χ4n) is 0.558. The van der Waals surface area contributed by atoms with E-state index in [2.05, 4.69) is 0 Å². The number of nitriles is 1. The summed E-state index contributed by atoms with van der Waals surface area (Å²) in [6, 6.07) is 8.81. The lowest BCUT2D eigenvalue weighted by atomic mass is 10.2. The minimum atomic E-state index is 0. The summed E-state index contributed by atoms with van der Waals surface area (Å²) in [7, 11) is 0. The van der Waals surface area contributed by atoms with Gasteiger partial charge in [0.05, 0.1) is 11.6 Å². The Kier molecular flexibility index (Phi) is 4.45. The lowest BCUT2D eigenvalue weighted by Crippen LogP contribution is -1.69. The van der Waals surface area contributed by atoms with E-state index < -0.39 is 0 Å². The van der Waals surface area contributed by atoms with Crippen LogP contribution in [0.3, 0.4) is 0 Å². The Morgan fingerprint density at radius 2 is 2.10 bits per heavy atom. The van der Waals surface area contributed by atoms with Crippen molar-refractivity contribution in [3.05, 3.63) is 34.9 Å². The van der Waals surface area contributed by atoms with Crippen LogP contribution in [-0.4, -0.2) is 23.1 Å². The molecule has 1 aromatic carbocycles. The van der Waals surface area contributed by atoms with E-state index in [0.29, 0.717) is 10.6 Å². The van der Waals surface area contributed by atoms with Crippen molar-refractivity contribution in [1.29, 1.82) is 5.26 Å². The lowest BCUT2D eigenvalue weighted by molar-refractivity contribution is 1.49. The molecule has 1 aromatic rings. The molecule has 0 saturated heterocycles. The van der Waals surface area contributed by atoms with Crippen molar-refractivity contribution in [2.24, 2.45) is 0 Å². The number of hydrogen-bond acceptors (Lipinski definition) is 1. The molecule has 0 aliphatic carbocycles. The van der Waals surface area contributed by atoms with Crippen LogP contribution in [0.1, 0.15) is 5.56 Å². The highest BCUT2D eigenvalue weighted by Gasteiger charge is 1.87. The molecule has 0 fully saturated rings. The summed E-state index contributed by atoms with van der Waals surface area (Å²) in [4.78, 5) is 0. The maximum absolute atomic E-state index is 8.35. The number of halogens is 1. The minimum absolute atomic E-state index is 0. The smallest absolute Gasteiger partial charge is 0.192 e. The third-order valence-corrected chi connectivity index (χ3v) is 1.19. The van der Waals surface area contributed by atoms with Crippen LogP contribution < -0.4 is 0 Å². The monoisotopic (exact) mass is 163 g/mol. The van der Waals surface area contributed by atoms with E-state index in [4.69, 9.17) is 16.9 Å². The second kappa shape index (κ2) is 4.56. The molecule has 0 spiro atoms. The first-order chi connectivity index (χ1) is 4.33. The second-order valence-corrected chi connectivity index (χ2v) is 2.06. The van der Waals surface area contributed by atoms with Gasteiger partial charge >= 0.3 is 23.1 Å². The van der Waals surface area contributed by atoms with Gasteiger partial charge in [-0.25, -0.2) is 0 Å². The SMILES string of the molecule is N#Cc1cccc(Cl)c1.[MgH2]. The zero-order chi connectivity index (χ0) is 6.69. The van der Waals surface area contributed by atoms with Crippen LogP contribution in [0.15, 0.2) is 24.3 Å². The maximum Gasteiger partial charge on any atom is 0.316 e. The quantitative estimate of drug-likeness (QED) is 0.530. The van der Waals surface area contributed by atoms with Gasteiger partial charge in [0, 0.05) is 5.02 Å². The molecule has 0 saturated carbocycles. The highest BCUT2D eigenvalue weighted by Crippen LogP contribution is 2.08. The van der Waals surface area contributed by atoms with Crippen LogP contribution in [-0.2, 0) is 0 Å². The Bertz CT molecular complexity index is 254. The average Bonchev–Trinajstić information content (AvgIpc) is 1.88. The fraction of sp³-hybridized carbons (Fsp3) is 0. The van der Waals surface area contributed by atoms with Crippen LogP contribution in [0.5, 0.6) is 0 Å². The molecule has 3 heteroatoms. The molecule has 1 nitrogen and oxygen atoms in total. The van der Waals surface area contributed by atoms with E-state index in [-0.39, 0.29) is 23.1 Å². The standard InChI is InChI=1S/C7H4ClN.Mg.2H/c8-7-3-1-2-6(4-7)5-9;;;/h1-4H;;;. The van der Waals surface area contributed by atoms with Crippen LogP contribution >= 0.6 is 11.6 Å². The Morgan fingerprint density at radius 3 is 2.50 bits per heavy atom. The zero-order valence-electron chi connectivity index (χ0n) is 4.63.